The summed E-state index contributed by atoms with van der Waals surface area (Å²) in [6, 6.07) is 0. The number of rotatable bonds is 7. The zero-order valence-corrected chi connectivity index (χ0v) is 10.3. The average molecular weight is 206 g/mol. The van der Waals surface area contributed by atoms with E-state index >= 15 is 0 Å². The predicted molar refractivity (Wildman–Crippen MR) is 66.8 cm³/mol. The molecular weight excluding hydrogens is 180 g/mol. The summed E-state index contributed by atoms with van der Waals surface area (Å²) in [5.74, 6) is 3.01. The molecule has 3 atom stereocenters. The van der Waals surface area contributed by atoms with Crippen LogP contribution in [0.5, 0.6) is 0 Å². The fourth-order valence-electron chi connectivity index (χ4n) is 3.41. The largest absolute Gasteiger partial charge is 0.0851 e. The van der Waals surface area contributed by atoms with E-state index < -0.39 is 0 Å². The van der Waals surface area contributed by atoms with Crippen LogP contribution in [-0.2, 0) is 0 Å². The van der Waals surface area contributed by atoms with Gasteiger partial charge in [-0.1, -0.05) is 57.6 Å². The first-order chi connectivity index (χ1) is 7.40. The van der Waals surface area contributed by atoms with Gasteiger partial charge in [-0.15, -0.1) is 0 Å². The van der Waals surface area contributed by atoms with Crippen LogP contribution in [-0.4, -0.2) is 0 Å². The van der Waals surface area contributed by atoms with Crippen molar-refractivity contribution in [2.75, 3.05) is 0 Å². The van der Waals surface area contributed by atoms with Gasteiger partial charge in [-0.25, -0.2) is 0 Å². The van der Waals surface area contributed by atoms with Crippen molar-refractivity contribution < 1.29 is 0 Å². The normalized spacial score (nSPS) is 32.7. The van der Waals surface area contributed by atoms with Crippen LogP contribution in [0, 0.1) is 17.8 Å². The van der Waals surface area contributed by atoms with Gasteiger partial charge in [0.2, 0.25) is 0 Å². The molecule has 0 saturated heterocycles. The van der Waals surface area contributed by atoms with Gasteiger partial charge in [0.25, 0.3) is 0 Å². The molecule has 0 radical (unpaired) electrons. The predicted octanol–water partition coefficient (Wildman–Crippen LogP) is 4.95. The van der Waals surface area contributed by atoms with Crippen LogP contribution >= 0.6 is 0 Å². The highest BCUT2D eigenvalue weighted by molar-refractivity contribution is 5.09. The molecule has 0 amide bonds. The molecule has 0 aromatic rings. The summed E-state index contributed by atoms with van der Waals surface area (Å²) in [6.45, 7) is 2.29. The lowest BCUT2D eigenvalue weighted by Crippen LogP contribution is -2.06. The Morgan fingerprint density at radius 1 is 0.933 bits per heavy atom. The maximum Gasteiger partial charge on any atom is -0.0199 e. The Bertz CT molecular complexity index is 204. The summed E-state index contributed by atoms with van der Waals surface area (Å²) in [7, 11) is 0. The average Bonchev–Trinajstić information content (AvgIpc) is 2.85. The van der Waals surface area contributed by atoms with E-state index in [1.807, 2.05) is 0 Å². The number of hydrogen-bond acceptors (Lipinski definition) is 0. The second kappa shape index (κ2) is 5.72. The maximum absolute atomic E-state index is 2.50. The molecule has 86 valence electrons. The Morgan fingerprint density at radius 3 is 2.40 bits per heavy atom. The third-order valence-electron chi connectivity index (χ3n) is 4.34. The summed E-state index contributed by atoms with van der Waals surface area (Å²) >= 11 is 0. The maximum atomic E-state index is 2.50. The fourth-order valence-corrected chi connectivity index (χ4v) is 3.41. The number of hydrogen-bond donors (Lipinski definition) is 0. The Kier molecular flexibility index (Phi) is 4.29. The standard InChI is InChI=1S/C15H26/c1-2-3-4-5-6-7-8-14-11-13-9-10-15(14)12-13/h9-10,13-15H,2-8,11-12H2,1H3. The fraction of sp³-hybridized carbons (Fsp3) is 0.867. The molecule has 1 saturated carbocycles. The zero-order chi connectivity index (χ0) is 10.5. The first kappa shape index (κ1) is 11.2. The SMILES string of the molecule is CCCCCCCCC1CC2C=CC1C2. The molecule has 2 rings (SSSR count). The van der Waals surface area contributed by atoms with Gasteiger partial charge < -0.3 is 0 Å². The van der Waals surface area contributed by atoms with E-state index in [9.17, 15) is 0 Å². The van der Waals surface area contributed by atoms with Crippen molar-refractivity contribution in [1.82, 2.24) is 0 Å². The molecule has 15 heavy (non-hydrogen) atoms. The van der Waals surface area contributed by atoms with Gasteiger partial charge in [-0.3, -0.25) is 0 Å². The van der Waals surface area contributed by atoms with E-state index in [2.05, 4.69) is 19.1 Å². The highest BCUT2D eigenvalue weighted by atomic mass is 14.4. The number of fused-ring (bicyclic) bond motifs is 2. The summed E-state index contributed by atoms with van der Waals surface area (Å²) in [5, 5.41) is 0. The minimum Gasteiger partial charge on any atom is -0.0851 e. The topological polar surface area (TPSA) is 0 Å². The van der Waals surface area contributed by atoms with Crippen molar-refractivity contribution in [1.29, 1.82) is 0 Å². The lowest BCUT2D eigenvalue weighted by molar-refractivity contribution is 0.394. The molecule has 0 aromatic carbocycles. The Balaban J connectivity index is 1.50. The molecule has 3 unspecified atom stereocenters. The monoisotopic (exact) mass is 206 g/mol. The van der Waals surface area contributed by atoms with E-state index in [4.69, 9.17) is 0 Å². The van der Waals surface area contributed by atoms with E-state index in [-0.39, 0.29) is 0 Å². The zero-order valence-electron chi connectivity index (χ0n) is 10.3. The Morgan fingerprint density at radius 2 is 1.73 bits per heavy atom. The molecule has 0 heterocycles. The molecule has 0 heteroatoms. The Labute approximate surface area is 95.1 Å². The van der Waals surface area contributed by atoms with Crippen LogP contribution in [0.1, 0.15) is 64.7 Å². The van der Waals surface area contributed by atoms with Gasteiger partial charge in [0.05, 0.1) is 0 Å². The summed E-state index contributed by atoms with van der Waals surface area (Å²) in [5.41, 5.74) is 0. The molecule has 0 spiro atoms. The minimum atomic E-state index is 0.972. The molecule has 2 bridgehead atoms. The minimum absolute atomic E-state index is 0.972. The van der Waals surface area contributed by atoms with E-state index in [1.54, 1.807) is 0 Å². The van der Waals surface area contributed by atoms with E-state index in [0.717, 1.165) is 17.8 Å². The lowest BCUT2D eigenvalue weighted by Gasteiger charge is -2.17. The van der Waals surface area contributed by atoms with Crippen molar-refractivity contribution in [3.05, 3.63) is 12.2 Å². The third-order valence-corrected chi connectivity index (χ3v) is 4.34. The number of allylic oxidation sites excluding steroid dienone is 2. The molecule has 0 N–H and O–H groups in total. The van der Waals surface area contributed by atoms with Crippen LogP contribution in [0.15, 0.2) is 12.2 Å². The van der Waals surface area contributed by atoms with Crippen molar-refractivity contribution in [2.24, 2.45) is 17.8 Å². The van der Waals surface area contributed by atoms with E-state index in [0.29, 0.717) is 0 Å². The molecule has 0 nitrogen and oxygen atoms in total. The highest BCUT2D eigenvalue weighted by Gasteiger charge is 2.34. The number of unbranched alkanes of at least 4 members (excludes halogenated alkanes) is 5. The molecule has 1 fully saturated rings. The van der Waals surface area contributed by atoms with Crippen LogP contribution in [0.25, 0.3) is 0 Å². The van der Waals surface area contributed by atoms with Crippen molar-refractivity contribution >= 4 is 0 Å². The summed E-state index contributed by atoms with van der Waals surface area (Å²) in [4.78, 5) is 0. The van der Waals surface area contributed by atoms with Crippen molar-refractivity contribution in [2.45, 2.75) is 64.7 Å². The van der Waals surface area contributed by atoms with Crippen molar-refractivity contribution in [3.63, 3.8) is 0 Å². The van der Waals surface area contributed by atoms with Gasteiger partial charge in [0.15, 0.2) is 0 Å². The van der Waals surface area contributed by atoms with Gasteiger partial charge >= 0.3 is 0 Å². The first-order valence-electron chi connectivity index (χ1n) is 7.08. The lowest BCUT2D eigenvalue weighted by atomic mass is 9.88. The van der Waals surface area contributed by atoms with Gasteiger partial charge in [-0.05, 0) is 37.0 Å². The van der Waals surface area contributed by atoms with Crippen LogP contribution in [0.2, 0.25) is 0 Å². The quantitative estimate of drug-likeness (QED) is 0.408. The second-order valence-corrected chi connectivity index (χ2v) is 5.60. The van der Waals surface area contributed by atoms with Crippen LogP contribution in [0.4, 0.5) is 0 Å². The Hall–Kier alpha value is -0.260. The van der Waals surface area contributed by atoms with Crippen LogP contribution in [0.3, 0.4) is 0 Å². The van der Waals surface area contributed by atoms with Gasteiger partial charge in [0.1, 0.15) is 0 Å². The summed E-state index contributed by atoms with van der Waals surface area (Å²) < 4.78 is 0. The van der Waals surface area contributed by atoms with E-state index in [1.165, 1.54) is 57.8 Å². The molecular formula is C15H26. The second-order valence-electron chi connectivity index (χ2n) is 5.60. The molecule has 2 aliphatic rings. The summed E-state index contributed by atoms with van der Waals surface area (Å²) in [6.07, 6.45) is 18.2. The third kappa shape index (κ3) is 3.09. The molecule has 2 aliphatic carbocycles. The first-order valence-corrected chi connectivity index (χ1v) is 7.08. The van der Waals surface area contributed by atoms with Gasteiger partial charge in [-0.2, -0.15) is 0 Å². The highest BCUT2D eigenvalue weighted by Crippen LogP contribution is 2.45. The van der Waals surface area contributed by atoms with Crippen LogP contribution < -0.4 is 0 Å². The molecule has 0 aliphatic heterocycles. The van der Waals surface area contributed by atoms with Gasteiger partial charge in [0, 0.05) is 0 Å². The van der Waals surface area contributed by atoms with Crippen molar-refractivity contribution in [3.8, 4) is 0 Å². The smallest absolute Gasteiger partial charge is 0.0199 e. The molecule has 0 aromatic heterocycles.